The van der Waals surface area contributed by atoms with E-state index in [1.807, 2.05) is 0 Å². The number of rotatable bonds is 2. The lowest BCUT2D eigenvalue weighted by Crippen LogP contribution is -2.28. The quantitative estimate of drug-likeness (QED) is 0.896. The Morgan fingerprint density at radius 1 is 1.21 bits per heavy atom. The molecule has 1 unspecified atom stereocenters. The van der Waals surface area contributed by atoms with E-state index < -0.39 is 5.92 Å². The molecule has 1 atom stereocenters. The Labute approximate surface area is 110 Å². The van der Waals surface area contributed by atoms with E-state index >= 15 is 0 Å². The van der Waals surface area contributed by atoms with Crippen molar-refractivity contribution < 1.29 is 13.9 Å². The third-order valence-electron chi connectivity index (χ3n) is 4.41. The molecule has 2 aliphatic rings. The van der Waals surface area contributed by atoms with Crippen LogP contribution >= 0.6 is 0 Å². The first-order chi connectivity index (χ1) is 9.09. The number of aromatic nitrogens is 3. The second-order valence-corrected chi connectivity index (χ2v) is 5.80. The number of fused-ring (bicyclic) bond motifs is 1. The van der Waals surface area contributed by atoms with Crippen LogP contribution < -0.4 is 0 Å². The van der Waals surface area contributed by atoms with Crippen molar-refractivity contribution in [3.05, 3.63) is 11.6 Å². The first-order valence-corrected chi connectivity index (χ1v) is 7.00. The maximum Gasteiger partial charge on any atom is 0.248 e. The molecular formula is C13H19F2N3O. The fraction of sp³-hybridized carbons (Fsp3) is 0.846. The van der Waals surface area contributed by atoms with Gasteiger partial charge in [-0.05, 0) is 19.3 Å². The van der Waals surface area contributed by atoms with Gasteiger partial charge < -0.3 is 9.67 Å². The van der Waals surface area contributed by atoms with Gasteiger partial charge in [-0.1, -0.05) is 0 Å². The van der Waals surface area contributed by atoms with Crippen molar-refractivity contribution in [1.29, 1.82) is 0 Å². The fourth-order valence-corrected chi connectivity index (χ4v) is 3.17. The molecule has 0 saturated heterocycles. The minimum atomic E-state index is -2.51. The van der Waals surface area contributed by atoms with E-state index in [4.69, 9.17) is 0 Å². The van der Waals surface area contributed by atoms with Crippen molar-refractivity contribution in [2.24, 2.45) is 5.92 Å². The molecule has 0 bridgehead atoms. The topological polar surface area (TPSA) is 50.9 Å². The number of hydrogen-bond donors (Lipinski definition) is 1. The number of halogens is 2. The van der Waals surface area contributed by atoms with Gasteiger partial charge in [-0.25, -0.2) is 8.78 Å². The minimum absolute atomic E-state index is 0.0523. The van der Waals surface area contributed by atoms with Gasteiger partial charge in [0.1, 0.15) is 11.6 Å². The van der Waals surface area contributed by atoms with Crippen LogP contribution in [0.1, 0.15) is 49.7 Å². The summed E-state index contributed by atoms with van der Waals surface area (Å²) in [7, 11) is 0. The Morgan fingerprint density at radius 2 is 1.95 bits per heavy atom. The van der Waals surface area contributed by atoms with Gasteiger partial charge in [0.15, 0.2) is 0 Å². The van der Waals surface area contributed by atoms with Crippen LogP contribution in [0.25, 0.3) is 0 Å². The Morgan fingerprint density at radius 3 is 2.63 bits per heavy atom. The Hall–Kier alpha value is -1.04. The summed E-state index contributed by atoms with van der Waals surface area (Å²) in [5.41, 5.74) is 0. The average molecular weight is 271 g/mol. The van der Waals surface area contributed by atoms with Crippen LogP contribution in [0, 0.1) is 5.92 Å². The van der Waals surface area contributed by atoms with Crippen molar-refractivity contribution in [3.8, 4) is 0 Å². The van der Waals surface area contributed by atoms with Crippen LogP contribution in [0.15, 0.2) is 0 Å². The summed E-state index contributed by atoms with van der Waals surface area (Å²) in [5, 5.41) is 17.7. The molecule has 1 fully saturated rings. The molecule has 0 spiro atoms. The lowest BCUT2D eigenvalue weighted by Gasteiger charge is -2.29. The predicted molar refractivity (Wildman–Crippen MR) is 65.1 cm³/mol. The zero-order valence-electron chi connectivity index (χ0n) is 10.9. The van der Waals surface area contributed by atoms with Gasteiger partial charge in [-0.15, -0.1) is 10.2 Å². The second-order valence-electron chi connectivity index (χ2n) is 5.80. The van der Waals surface area contributed by atoms with Crippen LogP contribution in [0.3, 0.4) is 0 Å². The molecule has 0 amide bonds. The third kappa shape index (κ3) is 2.50. The largest absolute Gasteiger partial charge is 0.396 e. The van der Waals surface area contributed by atoms with Crippen LogP contribution in [0.4, 0.5) is 8.78 Å². The zero-order chi connectivity index (χ0) is 13.5. The molecule has 0 radical (unpaired) electrons. The summed E-state index contributed by atoms with van der Waals surface area (Å²) >= 11 is 0. The van der Waals surface area contributed by atoms with Crippen molar-refractivity contribution in [2.75, 3.05) is 6.61 Å². The lowest BCUT2D eigenvalue weighted by atomic mass is 9.86. The second kappa shape index (κ2) is 4.81. The standard InChI is InChI=1S/C13H19F2N3O/c14-13(15)5-3-10(4-6-13)12-17-16-11-2-1-9(8-19)7-18(11)12/h9-10,19H,1-8H2. The van der Waals surface area contributed by atoms with Gasteiger partial charge in [0, 0.05) is 44.2 Å². The van der Waals surface area contributed by atoms with Gasteiger partial charge in [-0.3, -0.25) is 0 Å². The number of aliphatic hydroxyl groups excluding tert-OH is 1. The maximum atomic E-state index is 13.2. The van der Waals surface area contributed by atoms with E-state index in [1.54, 1.807) is 0 Å². The number of aliphatic hydroxyl groups is 1. The summed E-state index contributed by atoms with van der Waals surface area (Å²) in [4.78, 5) is 0. The molecule has 1 N–H and O–H groups in total. The van der Waals surface area contributed by atoms with Crippen LogP contribution in [0.5, 0.6) is 0 Å². The molecular weight excluding hydrogens is 252 g/mol. The molecule has 1 aliphatic carbocycles. The molecule has 1 saturated carbocycles. The molecule has 0 aromatic carbocycles. The Balaban J connectivity index is 1.78. The normalized spacial score (nSPS) is 27.2. The Bertz CT molecular complexity index is 451. The van der Waals surface area contributed by atoms with Gasteiger partial charge in [0.05, 0.1) is 0 Å². The number of alkyl halides is 2. The summed E-state index contributed by atoms with van der Waals surface area (Å²) in [6.45, 7) is 0.890. The summed E-state index contributed by atoms with van der Waals surface area (Å²) in [6, 6.07) is 0. The average Bonchev–Trinajstić information content (AvgIpc) is 2.81. The van der Waals surface area contributed by atoms with E-state index in [0.29, 0.717) is 12.8 Å². The van der Waals surface area contributed by atoms with E-state index in [9.17, 15) is 13.9 Å². The van der Waals surface area contributed by atoms with Crippen LogP contribution in [-0.2, 0) is 13.0 Å². The first-order valence-electron chi connectivity index (χ1n) is 7.00. The van der Waals surface area contributed by atoms with E-state index in [2.05, 4.69) is 14.8 Å². The van der Waals surface area contributed by atoms with Crippen molar-refractivity contribution >= 4 is 0 Å². The van der Waals surface area contributed by atoms with E-state index in [1.165, 1.54) is 0 Å². The molecule has 6 heteroatoms. The fourth-order valence-electron chi connectivity index (χ4n) is 3.17. The summed E-state index contributed by atoms with van der Waals surface area (Å²) in [5.74, 6) is -0.374. The summed E-state index contributed by atoms with van der Waals surface area (Å²) < 4.78 is 28.5. The van der Waals surface area contributed by atoms with Gasteiger partial charge in [0.25, 0.3) is 0 Å². The molecule has 19 heavy (non-hydrogen) atoms. The number of aryl methyl sites for hydroxylation is 1. The van der Waals surface area contributed by atoms with Crippen molar-refractivity contribution in [2.45, 2.75) is 56.9 Å². The molecule has 106 valence electrons. The highest BCUT2D eigenvalue weighted by atomic mass is 19.3. The van der Waals surface area contributed by atoms with E-state index in [-0.39, 0.29) is 31.3 Å². The molecule has 1 aromatic heterocycles. The SMILES string of the molecule is OCC1CCc2nnc(C3CCC(F)(F)CC3)n2C1. The number of hydrogen-bond acceptors (Lipinski definition) is 3. The predicted octanol–water partition coefficient (Wildman–Crippen LogP) is 2.13. The lowest BCUT2D eigenvalue weighted by molar-refractivity contribution is -0.0391. The molecule has 4 nitrogen and oxygen atoms in total. The summed E-state index contributed by atoms with van der Waals surface area (Å²) in [6.07, 6.45) is 2.61. The van der Waals surface area contributed by atoms with Crippen LogP contribution in [0.2, 0.25) is 0 Å². The monoisotopic (exact) mass is 271 g/mol. The van der Waals surface area contributed by atoms with Crippen LogP contribution in [-0.4, -0.2) is 32.4 Å². The van der Waals surface area contributed by atoms with Gasteiger partial charge >= 0.3 is 0 Å². The van der Waals surface area contributed by atoms with E-state index in [0.717, 1.165) is 31.0 Å². The highest BCUT2D eigenvalue weighted by molar-refractivity contribution is 5.07. The van der Waals surface area contributed by atoms with Gasteiger partial charge in [-0.2, -0.15) is 0 Å². The smallest absolute Gasteiger partial charge is 0.248 e. The zero-order valence-corrected chi connectivity index (χ0v) is 10.9. The van der Waals surface area contributed by atoms with Crippen molar-refractivity contribution in [3.63, 3.8) is 0 Å². The molecule has 3 rings (SSSR count). The maximum absolute atomic E-state index is 13.2. The molecule has 2 heterocycles. The first kappa shape index (κ1) is 13.0. The highest BCUT2D eigenvalue weighted by Crippen LogP contribution is 2.40. The number of nitrogens with zero attached hydrogens (tertiary/aromatic N) is 3. The third-order valence-corrected chi connectivity index (χ3v) is 4.41. The van der Waals surface area contributed by atoms with Gasteiger partial charge in [0.2, 0.25) is 5.92 Å². The minimum Gasteiger partial charge on any atom is -0.396 e. The Kier molecular flexibility index (Phi) is 3.28. The molecule has 1 aliphatic heterocycles. The van der Waals surface area contributed by atoms with Crippen molar-refractivity contribution in [1.82, 2.24) is 14.8 Å². The molecule has 1 aromatic rings. The highest BCUT2D eigenvalue weighted by Gasteiger charge is 2.37.